The average Bonchev–Trinajstić information content (AvgIpc) is 2.78. The topological polar surface area (TPSA) is 149 Å². The SMILES string of the molecule is C[C@H](NC(=O)Cn1nnc2ccc(SCC(N)C(=O)O)cc2c1=O)c1ccc(OC(F)(F)F)cc1. The van der Waals surface area contributed by atoms with E-state index in [4.69, 9.17) is 10.8 Å². The highest BCUT2D eigenvalue weighted by Gasteiger charge is 2.31. The van der Waals surface area contributed by atoms with Gasteiger partial charge < -0.3 is 20.9 Å². The zero-order valence-electron chi connectivity index (χ0n) is 18.2. The minimum atomic E-state index is -4.81. The lowest BCUT2D eigenvalue weighted by Crippen LogP contribution is -2.35. The Hall–Kier alpha value is -3.65. The van der Waals surface area contributed by atoms with Crippen molar-refractivity contribution in [2.45, 2.75) is 36.8 Å². The number of carbonyl (C=O) groups is 2. The van der Waals surface area contributed by atoms with E-state index in [0.717, 1.165) is 28.6 Å². The summed E-state index contributed by atoms with van der Waals surface area (Å²) >= 11 is 1.16. The van der Waals surface area contributed by atoms with Gasteiger partial charge in [-0.1, -0.05) is 17.3 Å². The second-order valence-corrected chi connectivity index (χ2v) is 8.49. The van der Waals surface area contributed by atoms with E-state index in [2.05, 4.69) is 20.4 Å². The summed E-state index contributed by atoms with van der Waals surface area (Å²) in [4.78, 5) is 36.7. The second-order valence-electron chi connectivity index (χ2n) is 7.39. The third kappa shape index (κ3) is 7.16. The first-order valence-corrected chi connectivity index (χ1v) is 11.1. The molecule has 3 rings (SSSR count). The lowest BCUT2D eigenvalue weighted by Gasteiger charge is -2.15. The van der Waals surface area contributed by atoms with Crippen LogP contribution in [-0.4, -0.2) is 50.1 Å². The number of benzene rings is 2. The van der Waals surface area contributed by atoms with Gasteiger partial charge in [0.25, 0.3) is 5.56 Å². The number of hydrogen-bond acceptors (Lipinski definition) is 8. The van der Waals surface area contributed by atoms with Gasteiger partial charge in [0.05, 0.1) is 11.4 Å². The Morgan fingerprint density at radius 2 is 1.91 bits per heavy atom. The number of aromatic nitrogens is 3. The molecule has 0 saturated heterocycles. The number of nitrogens with zero attached hydrogens (tertiary/aromatic N) is 3. The average molecular weight is 511 g/mol. The number of fused-ring (bicyclic) bond motifs is 1. The standard InChI is InChI=1S/C21H20F3N5O5S/c1-11(12-2-4-13(5-3-12)34-21(22,23)24)26-18(30)9-29-19(31)15-8-14(6-7-17(15)27-28-29)35-10-16(25)20(32)33/h2-8,11,16H,9-10,25H2,1H3,(H,26,30)(H,32,33)/t11-,16?/m0/s1. The van der Waals surface area contributed by atoms with Crippen LogP contribution in [-0.2, 0) is 16.1 Å². The van der Waals surface area contributed by atoms with Crippen molar-refractivity contribution in [2.24, 2.45) is 5.73 Å². The first kappa shape index (κ1) is 26.0. The molecule has 186 valence electrons. The van der Waals surface area contributed by atoms with Crippen LogP contribution >= 0.6 is 11.8 Å². The number of rotatable bonds is 9. The van der Waals surface area contributed by atoms with Crippen molar-refractivity contribution >= 4 is 34.5 Å². The fraction of sp³-hybridized carbons (Fsp3) is 0.286. The summed E-state index contributed by atoms with van der Waals surface area (Å²) in [5, 5.41) is 19.4. The van der Waals surface area contributed by atoms with Crippen molar-refractivity contribution in [2.75, 3.05) is 5.75 Å². The molecule has 2 atom stereocenters. The van der Waals surface area contributed by atoms with Crippen molar-refractivity contribution < 1.29 is 32.6 Å². The quantitative estimate of drug-likeness (QED) is 0.367. The van der Waals surface area contributed by atoms with Gasteiger partial charge in [0.2, 0.25) is 5.91 Å². The van der Waals surface area contributed by atoms with Gasteiger partial charge >= 0.3 is 12.3 Å². The molecule has 1 aromatic heterocycles. The first-order valence-electron chi connectivity index (χ1n) is 10.1. The number of carboxylic acids is 1. The summed E-state index contributed by atoms with van der Waals surface area (Å²) in [5.74, 6) is -2.00. The Morgan fingerprint density at radius 1 is 1.23 bits per heavy atom. The van der Waals surface area contributed by atoms with Crippen LogP contribution in [0.1, 0.15) is 18.5 Å². The summed E-state index contributed by atoms with van der Waals surface area (Å²) < 4.78 is 41.5. The highest BCUT2D eigenvalue weighted by Crippen LogP contribution is 2.24. The van der Waals surface area contributed by atoms with Gasteiger partial charge in [-0.3, -0.25) is 14.4 Å². The summed E-state index contributed by atoms with van der Waals surface area (Å²) in [7, 11) is 0. The smallest absolute Gasteiger partial charge is 0.480 e. The van der Waals surface area contributed by atoms with E-state index >= 15 is 0 Å². The predicted molar refractivity (Wildman–Crippen MR) is 120 cm³/mol. The van der Waals surface area contributed by atoms with Gasteiger partial charge in [-0.15, -0.1) is 30.0 Å². The maximum atomic E-state index is 12.8. The number of nitrogens with two attached hydrogens (primary N) is 1. The van der Waals surface area contributed by atoms with Crippen LogP contribution in [0.25, 0.3) is 10.9 Å². The van der Waals surface area contributed by atoms with E-state index in [1.807, 2.05) is 0 Å². The van der Waals surface area contributed by atoms with Crippen molar-refractivity contribution in [3.8, 4) is 5.75 Å². The number of alkyl halides is 3. The molecule has 0 bridgehead atoms. The maximum Gasteiger partial charge on any atom is 0.573 e. The van der Waals surface area contributed by atoms with Crippen molar-refractivity contribution in [3.63, 3.8) is 0 Å². The number of halogens is 3. The molecule has 0 spiro atoms. The van der Waals surface area contributed by atoms with E-state index in [1.54, 1.807) is 19.1 Å². The molecule has 1 heterocycles. The minimum absolute atomic E-state index is 0.0944. The van der Waals surface area contributed by atoms with Crippen LogP contribution in [0, 0.1) is 0 Å². The Labute approximate surface area is 200 Å². The largest absolute Gasteiger partial charge is 0.573 e. The van der Waals surface area contributed by atoms with Crippen LogP contribution in [0.5, 0.6) is 5.75 Å². The minimum Gasteiger partial charge on any atom is -0.480 e. The molecule has 0 fully saturated rings. The lowest BCUT2D eigenvalue weighted by molar-refractivity contribution is -0.274. The molecule has 0 aliphatic rings. The van der Waals surface area contributed by atoms with E-state index in [-0.39, 0.29) is 16.9 Å². The number of thioether (sulfide) groups is 1. The monoisotopic (exact) mass is 511 g/mol. The number of amides is 1. The summed E-state index contributed by atoms with van der Waals surface area (Å²) in [6, 6.07) is 8.10. The molecule has 0 aliphatic heterocycles. The molecule has 2 aromatic carbocycles. The normalized spacial score (nSPS) is 13.3. The zero-order chi connectivity index (χ0) is 25.8. The molecular formula is C21H20F3N5O5S. The van der Waals surface area contributed by atoms with Crippen LogP contribution < -0.4 is 21.3 Å². The maximum absolute atomic E-state index is 12.8. The molecule has 0 saturated carbocycles. The molecule has 3 aromatic rings. The van der Waals surface area contributed by atoms with Crippen LogP contribution in [0.15, 0.2) is 52.2 Å². The van der Waals surface area contributed by atoms with Crippen molar-refractivity contribution in [1.29, 1.82) is 0 Å². The predicted octanol–water partition coefficient (Wildman–Crippen LogP) is 2.07. The van der Waals surface area contributed by atoms with E-state index in [9.17, 15) is 27.6 Å². The highest BCUT2D eigenvalue weighted by atomic mass is 32.2. The van der Waals surface area contributed by atoms with Gasteiger partial charge in [-0.05, 0) is 42.8 Å². The Kier molecular flexibility index (Phi) is 7.96. The second kappa shape index (κ2) is 10.7. The zero-order valence-corrected chi connectivity index (χ0v) is 19.0. The Bertz CT molecular complexity index is 1280. The molecule has 1 unspecified atom stereocenters. The number of ether oxygens (including phenoxy) is 1. The molecule has 0 radical (unpaired) electrons. The number of hydrogen-bond donors (Lipinski definition) is 3. The summed E-state index contributed by atoms with van der Waals surface area (Å²) in [6.07, 6.45) is -4.81. The van der Waals surface area contributed by atoms with Gasteiger partial charge in [-0.25, -0.2) is 4.68 Å². The van der Waals surface area contributed by atoms with Gasteiger partial charge in [0.1, 0.15) is 23.9 Å². The number of carbonyl (C=O) groups excluding carboxylic acids is 1. The van der Waals surface area contributed by atoms with Crippen LogP contribution in [0.4, 0.5) is 13.2 Å². The van der Waals surface area contributed by atoms with E-state index in [0.29, 0.717) is 16.0 Å². The number of carboxylic acid groups (broad SMARTS) is 1. The van der Waals surface area contributed by atoms with Crippen molar-refractivity contribution in [1.82, 2.24) is 20.3 Å². The van der Waals surface area contributed by atoms with E-state index < -0.39 is 42.4 Å². The van der Waals surface area contributed by atoms with Crippen molar-refractivity contribution in [3.05, 3.63) is 58.4 Å². The Morgan fingerprint density at radius 3 is 2.54 bits per heavy atom. The molecule has 4 N–H and O–H groups in total. The summed E-state index contributed by atoms with van der Waals surface area (Å²) in [6.45, 7) is 1.18. The van der Waals surface area contributed by atoms with E-state index in [1.165, 1.54) is 18.2 Å². The molecular weight excluding hydrogens is 491 g/mol. The van der Waals surface area contributed by atoms with Gasteiger partial charge in [0.15, 0.2) is 0 Å². The fourth-order valence-corrected chi connectivity index (χ4v) is 3.85. The van der Waals surface area contributed by atoms with Crippen LogP contribution in [0.3, 0.4) is 0 Å². The van der Waals surface area contributed by atoms with Crippen LogP contribution in [0.2, 0.25) is 0 Å². The molecule has 1 amide bonds. The third-order valence-corrected chi connectivity index (χ3v) is 5.84. The third-order valence-electron chi connectivity index (χ3n) is 4.72. The molecule has 14 heteroatoms. The summed E-state index contributed by atoms with van der Waals surface area (Å²) in [5.41, 5.74) is 5.74. The lowest BCUT2D eigenvalue weighted by atomic mass is 10.1. The van der Waals surface area contributed by atoms with Gasteiger partial charge in [0, 0.05) is 10.6 Å². The molecule has 10 nitrogen and oxygen atoms in total. The van der Waals surface area contributed by atoms with Gasteiger partial charge in [-0.2, -0.15) is 0 Å². The first-order chi connectivity index (χ1) is 16.4. The highest BCUT2D eigenvalue weighted by molar-refractivity contribution is 7.99. The fourth-order valence-electron chi connectivity index (χ4n) is 2.97. The number of aliphatic carboxylic acids is 1. The molecule has 0 aliphatic carbocycles. The molecule has 35 heavy (non-hydrogen) atoms. The Balaban J connectivity index is 1.68. The number of nitrogens with one attached hydrogen (secondary N) is 1.